The largest absolute Gasteiger partial charge is 0.491 e. The molecule has 0 saturated heterocycles. The van der Waals surface area contributed by atoms with Crippen LogP contribution >= 0.6 is 0 Å². The van der Waals surface area contributed by atoms with Gasteiger partial charge in [0.25, 0.3) is 0 Å². The zero-order valence-corrected chi connectivity index (χ0v) is 12.2. The lowest BCUT2D eigenvalue weighted by molar-refractivity contribution is -0.117. The first-order chi connectivity index (χ1) is 8.88. The number of aryl methyl sites for hydroxylation is 2. The van der Waals surface area contributed by atoms with E-state index in [2.05, 4.69) is 5.32 Å². The highest BCUT2D eigenvalue weighted by Crippen LogP contribution is 2.22. The van der Waals surface area contributed by atoms with Gasteiger partial charge in [-0.05, 0) is 38.9 Å². The van der Waals surface area contributed by atoms with Gasteiger partial charge < -0.3 is 21.5 Å². The first-order valence-corrected chi connectivity index (χ1v) is 6.26. The lowest BCUT2D eigenvalue weighted by Gasteiger charge is -2.13. The molecular weight excluding hydrogens is 242 g/mol. The first-order valence-electron chi connectivity index (χ1n) is 6.26. The predicted octanol–water partition coefficient (Wildman–Crippen LogP) is 0.721. The summed E-state index contributed by atoms with van der Waals surface area (Å²) in [7, 11) is 1.67. The number of hydrogen-bond acceptors (Lipinski definition) is 4. The number of rotatable bonds is 5. The molecule has 0 aliphatic carbocycles. The number of nitrogens with two attached hydrogens (primary N) is 2. The smallest absolute Gasteiger partial charge is 0.231 e. The molecular formula is C14H25N3O2. The van der Waals surface area contributed by atoms with E-state index in [1.54, 1.807) is 7.05 Å². The molecule has 1 rings (SSSR count). The van der Waals surface area contributed by atoms with Gasteiger partial charge in [-0.3, -0.25) is 4.79 Å². The van der Waals surface area contributed by atoms with Gasteiger partial charge in [-0.15, -0.1) is 0 Å². The van der Waals surface area contributed by atoms with Crippen molar-refractivity contribution >= 4 is 5.91 Å². The van der Waals surface area contributed by atoms with E-state index in [1.807, 2.05) is 39.0 Å². The van der Waals surface area contributed by atoms with Crippen LogP contribution in [0.3, 0.4) is 0 Å². The van der Waals surface area contributed by atoms with Crippen LogP contribution in [0.4, 0.5) is 0 Å². The van der Waals surface area contributed by atoms with Gasteiger partial charge in [0, 0.05) is 6.04 Å². The molecule has 1 atom stereocenters. The zero-order valence-electron chi connectivity index (χ0n) is 12.2. The van der Waals surface area contributed by atoms with Crippen LogP contribution in [0.5, 0.6) is 5.75 Å². The molecule has 0 fully saturated rings. The number of benzene rings is 1. The van der Waals surface area contributed by atoms with Crippen LogP contribution in [0, 0.1) is 13.8 Å². The molecule has 5 heteroatoms. The minimum atomic E-state index is -0.322. The Morgan fingerprint density at radius 2 is 1.89 bits per heavy atom. The summed E-state index contributed by atoms with van der Waals surface area (Å²) in [6.07, 6.45) is 0. The summed E-state index contributed by atoms with van der Waals surface area (Å²) < 4.78 is 5.60. The maximum absolute atomic E-state index is 9.76. The number of likely N-dealkylation sites (N-methyl/N-ethyl adjacent to an activating group) is 1. The van der Waals surface area contributed by atoms with Crippen molar-refractivity contribution in [1.82, 2.24) is 5.32 Å². The monoisotopic (exact) mass is 267 g/mol. The van der Waals surface area contributed by atoms with Crippen molar-refractivity contribution in [3.63, 3.8) is 0 Å². The average molecular weight is 267 g/mol. The molecule has 0 radical (unpaired) electrons. The van der Waals surface area contributed by atoms with Crippen molar-refractivity contribution in [3.8, 4) is 5.75 Å². The third-order valence-electron chi connectivity index (χ3n) is 2.25. The number of hydrogen-bond donors (Lipinski definition) is 3. The molecule has 108 valence electrons. The maximum Gasteiger partial charge on any atom is 0.231 e. The molecule has 1 amide bonds. The fraction of sp³-hybridized carbons (Fsp3) is 0.500. The second kappa shape index (κ2) is 9.35. The van der Waals surface area contributed by atoms with Crippen molar-refractivity contribution in [2.24, 2.45) is 11.5 Å². The number of ether oxygens (including phenoxy) is 1. The van der Waals surface area contributed by atoms with Crippen molar-refractivity contribution in [3.05, 3.63) is 29.3 Å². The number of amides is 1. The molecule has 5 N–H and O–H groups in total. The number of primary amides is 1. The molecule has 0 aliphatic heterocycles. The lowest BCUT2D eigenvalue weighted by Crippen LogP contribution is -2.25. The Bertz CT molecular complexity index is 372. The molecule has 1 aromatic carbocycles. The third-order valence-corrected chi connectivity index (χ3v) is 2.25. The number of para-hydroxylation sites is 1. The Labute approximate surface area is 115 Å². The van der Waals surface area contributed by atoms with Crippen LogP contribution in [0.1, 0.15) is 18.1 Å². The molecule has 0 bridgehead atoms. The zero-order chi connectivity index (χ0) is 14.8. The Balaban J connectivity index is 0.000000459. The third kappa shape index (κ3) is 8.18. The van der Waals surface area contributed by atoms with Crippen LogP contribution in [0.2, 0.25) is 0 Å². The van der Waals surface area contributed by atoms with Crippen LogP contribution < -0.4 is 21.5 Å². The fourth-order valence-electron chi connectivity index (χ4n) is 1.42. The lowest BCUT2D eigenvalue weighted by atomic mass is 10.1. The van der Waals surface area contributed by atoms with E-state index < -0.39 is 0 Å². The highest BCUT2D eigenvalue weighted by molar-refractivity contribution is 5.75. The van der Waals surface area contributed by atoms with Gasteiger partial charge in [0.15, 0.2) is 0 Å². The molecule has 19 heavy (non-hydrogen) atoms. The Morgan fingerprint density at radius 1 is 1.37 bits per heavy atom. The van der Waals surface area contributed by atoms with Gasteiger partial charge in [0.1, 0.15) is 12.4 Å². The van der Waals surface area contributed by atoms with Crippen molar-refractivity contribution < 1.29 is 9.53 Å². The highest BCUT2D eigenvalue weighted by Gasteiger charge is 2.03. The topological polar surface area (TPSA) is 90.4 Å². The van der Waals surface area contributed by atoms with E-state index in [4.69, 9.17) is 16.2 Å². The van der Waals surface area contributed by atoms with Crippen LogP contribution in [0.15, 0.2) is 18.2 Å². The second-order valence-corrected chi connectivity index (χ2v) is 4.51. The fourth-order valence-corrected chi connectivity index (χ4v) is 1.42. The van der Waals surface area contributed by atoms with Crippen LogP contribution in [-0.2, 0) is 4.79 Å². The van der Waals surface area contributed by atoms with Crippen LogP contribution in [-0.4, -0.2) is 32.1 Å². The predicted molar refractivity (Wildman–Crippen MR) is 78.2 cm³/mol. The van der Waals surface area contributed by atoms with Gasteiger partial charge in [0.2, 0.25) is 5.91 Å². The molecule has 0 spiro atoms. The standard InChI is InChI=1S/C11H17NO.C3H8N2O/c1-8-5-4-6-9(2)11(8)13-7-10(3)12;1-5-2-3(4)6/h4-6,10H,7,12H2,1-3H3;5H,2H2,1H3,(H2,4,6). The van der Waals surface area contributed by atoms with E-state index in [9.17, 15) is 4.79 Å². The molecule has 0 heterocycles. The number of carbonyl (C=O) groups is 1. The maximum atomic E-state index is 9.76. The van der Waals surface area contributed by atoms with E-state index in [-0.39, 0.29) is 18.5 Å². The molecule has 0 aliphatic rings. The van der Waals surface area contributed by atoms with Gasteiger partial charge in [-0.1, -0.05) is 18.2 Å². The summed E-state index contributed by atoms with van der Waals surface area (Å²) >= 11 is 0. The molecule has 5 nitrogen and oxygen atoms in total. The summed E-state index contributed by atoms with van der Waals surface area (Å²) in [5, 5.41) is 2.59. The van der Waals surface area contributed by atoms with Gasteiger partial charge >= 0.3 is 0 Å². The Hall–Kier alpha value is -1.59. The van der Waals surface area contributed by atoms with Crippen molar-refractivity contribution in [2.45, 2.75) is 26.8 Å². The van der Waals surface area contributed by atoms with E-state index in [0.717, 1.165) is 5.75 Å². The highest BCUT2D eigenvalue weighted by atomic mass is 16.5. The summed E-state index contributed by atoms with van der Waals surface area (Å²) in [5.74, 6) is 0.650. The average Bonchev–Trinajstić information content (AvgIpc) is 2.28. The Kier molecular flexibility index (Phi) is 8.57. The van der Waals surface area contributed by atoms with Crippen LogP contribution in [0.25, 0.3) is 0 Å². The number of nitrogens with one attached hydrogen (secondary N) is 1. The van der Waals surface area contributed by atoms with Gasteiger partial charge in [0.05, 0.1) is 6.54 Å². The normalized spacial score (nSPS) is 11.2. The summed E-state index contributed by atoms with van der Waals surface area (Å²) in [6.45, 7) is 6.87. The first kappa shape index (κ1) is 17.4. The second-order valence-electron chi connectivity index (χ2n) is 4.51. The van der Waals surface area contributed by atoms with Gasteiger partial charge in [-0.25, -0.2) is 0 Å². The Morgan fingerprint density at radius 3 is 2.21 bits per heavy atom. The molecule has 0 aromatic heterocycles. The molecule has 1 unspecified atom stereocenters. The summed E-state index contributed by atoms with van der Waals surface area (Å²) in [5.41, 5.74) is 12.7. The SMILES string of the molecule is CNCC(N)=O.Cc1cccc(C)c1OCC(C)N. The van der Waals surface area contributed by atoms with E-state index in [1.165, 1.54) is 11.1 Å². The summed E-state index contributed by atoms with van der Waals surface area (Å²) in [6, 6.07) is 6.20. The molecule has 1 aromatic rings. The minimum Gasteiger partial charge on any atom is -0.491 e. The van der Waals surface area contributed by atoms with E-state index in [0.29, 0.717) is 6.61 Å². The van der Waals surface area contributed by atoms with Crippen molar-refractivity contribution in [2.75, 3.05) is 20.2 Å². The van der Waals surface area contributed by atoms with Gasteiger partial charge in [-0.2, -0.15) is 0 Å². The summed E-state index contributed by atoms with van der Waals surface area (Å²) in [4.78, 5) is 9.76. The quantitative estimate of drug-likeness (QED) is 0.733. The molecule has 0 saturated carbocycles. The number of carbonyl (C=O) groups excluding carboxylic acids is 1. The van der Waals surface area contributed by atoms with E-state index >= 15 is 0 Å². The minimum absolute atomic E-state index is 0.0824. The van der Waals surface area contributed by atoms with Crippen molar-refractivity contribution in [1.29, 1.82) is 0 Å².